The standard InChI is InChI=1S/C14H21F3N2O3/c1-9-6-10-4-2-3-5-11(10)19(9)12(20)7-18-13(21)22-8-14(15,16)17/h9-11H,2-8H2,1H3,(H,18,21)/t9-,10+,11-/m1/s1. The minimum Gasteiger partial charge on any atom is -0.440 e. The number of hydrogen-bond donors (Lipinski definition) is 1. The number of halogens is 3. The zero-order chi connectivity index (χ0) is 16.3. The van der Waals surface area contributed by atoms with Crippen molar-refractivity contribution in [1.29, 1.82) is 0 Å². The van der Waals surface area contributed by atoms with Gasteiger partial charge in [-0.1, -0.05) is 12.8 Å². The maximum atomic E-state index is 12.2. The molecular weight excluding hydrogens is 301 g/mol. The molecule has 0 spiro atoms. The van der Waals surface area contributed by atoms with Crippen molar-refractivity contribution in [3.63, 3.8) is 0 Å². The summed E-state index contributed by atoms with van der Waals surface area (Å²) in [5, 5.41) is 2.10. The molecule has 1 aliphatic heterocycles. The Morgan fingerprint density at radius 1 is 1.27 bits per heavy atom. The van der Waals surface area contributed by atoms with E-state index in [2.05, 4.69) is 10.1 Å². The molecule has 0 aromatic carbocycles. The van der Waals surface area contributed by atoms with Crippen LogP contribution in [0.1, 0.15) is 39.0 Å². The van der Waals surface area contributed by atoms with Crippen molar-refractivity contribution in [2.75, 3.05) is 13.2 Å². The zero-order valence-corrected chi connectivity index (χ0v) is 12.5. The normalized spacial score (nSPS) is 28.2. The number of alkyl halides is 3. The molecule has 2 rings (SSSR count). The Morgan fingerprint density at radius 2 is 1.95 bits per heavy atom. The lowest BCUT2D eigenvalue weighted by Crippen LogP contribution is -2.47. The highest BCUT2D eigenvalue weighted by Gasteiger charge is 2.42. The second kappa shape index (κ2) is 6.75. The van der Waals surface area contributed by atoms with Crippen molar-refractivity contribution < 1.29 is 27.5 Å². The summed E-state index contributed by atoms with van der Waals surface area (Å²) in [5.41, 5.74) is 0. The van der Waals surface area contributed by atoms with Gasteiger partial charge in [0, 0.05) is 12.1 Å². The summed E-state index contributed by atoms with van der Waals surface area (Å²) in [7, 11) is 0. The first kappa shape index (κ1) is 16.9. The van der Waals surface area contributed by atoms with Crippen molar-refractivity contribution in [3.05, 3.63) is 0 Å². The van der Waals surface area contributed by atoms with Gasteiger partial charge in [-0.2, -0.15) is 13.2 Å². The molecule has 3 atom stereocenters. The minimum atomic E-state index is -4.57. The number of hydrogen-bond acceptors (Lipinski definition) is 3. The van der Waals surface area contributed by atoms with Gasteiger partial charge in [0.05, 0.1) is 0 Å². The molecule has 0 aromatic rings. The molecule has 0 bridgehead atoms. The molecule has 1 aliphatic carbocycles. The fraction of sp³-hybridized carbons (Fsp3) is 0.857. The molecule has 5 nitrogen and oxygen atoms in total. The molecular formula is C14H21F3N2O3. The third-order valence-electron chi connectivity index (χ3n) is 4.38. The fourth-order valence-corrected chi connectivity index (χ4v) is 3.58. The molecule has 1 N–H and O–H groups in total. The predicted molar refractivity (Wildman–Crippen MR) is 72.1 cm³/mol. The smallest absolute Gasteiger partial charge is 0.422 e. The van der Waals surface area contributed by atoms with E-state index < -0.39 is 18.9 Å². The Kier molecular flexibility index (Phi) is 5.18. The average molecular weight is 322 g/mol. The first-order valence-corrected chi connectivity index (χ1v) is 7.56. The van der Waals surface area contributed by atoms with Crippen LogP contribution in [0.15, 0.2) is 0 Å². The van der Waals surface area contributed by atoms with Crippen LogP contribution in [0.25, 0.3) is 0 Å². The van der Waals surface area contributed by atoms with Crippen LogP contribution in [0.2, 0.25) is 0 Å². The lowest BCUT2D eigenvalue weighted by Gasteiger charge is -2.33. The molecule has 8 heteroatoms. The number of rotatable bonds is 3. The molecule has 0 unspecified atom stereocenters. The third-order valence-corrected chi connectivity index (χ3v) is 4.38. The Labute approximate surface area is 127 Å². The fourth-order valence-electron chi connectivity index (χ4n) is 3.58. The van der Waals surface area contributed by atoms with E-state index in [1.165, 1.54) is 6.42 Å². The van der Waals surface area contributed by atoms with E-state index in [1.807, 2.05) is 6.92 Å². The number of nitrogens with one attached hydrogen (secondary N) is 1. The SMILES string of the molecule is C[C@@H]1C[C@@H]2CCCC[C@H]2N1C(=O)CNC(=O)OCC(F)(F)F. The Hall–Kier alpha value is -1.47. The van der Waals surface area contributed by atoms with Crippen molar-refractivity contribution in [3.8, 4) is 0 Å². The van der Waals surface area contributed by atoms with Gasteiger partial charge in [-0.15, -0.1) is 0 Å². The van der Waals surface area contributed by atoms with Gasteiger partial charge in [0.15, 0.2) is 6.61 Å². The molecule has 1 saturated carbocycles. The van der Waals surface area contributed by atoms with Gasteiger partial charge in [0.2, 0.25) is 5.91 Å². The van der Waals surface area contributed by atoms with Gasteiger partial charge >= 0.3 is 12.3 Å². The summed E-state index contributed by atoms with van der Waals surface area (Å²) in [5.74, 6) is 0.246. The number of fused-ring (bicyclic) bond motifs is 1. The maximum Gasteiger partial charge on any atom is 0.422 e. The lowest BCUT2D eigenvalue weighted by molar-refractivity contribution is -0.160. The number of likely N-dealkylation sites (tertiary alicyclic amines) is 1. The van der Waals surface area contributed by atoms with Crippen LogP contribution in [0.5, 0.6) is 0 Å². The minimum absolute atomic E-state index is 0.105. The number of ether oxygens (including phenoxy) is 1. The maximum absolute atomic E-state index is 12.2. The monoisotopic (exact) mass is 322 g/mol. The van der Waals surface area contributed by atoms with Crippen LogP contribution in [0, 0.1) is 5.92 Å². The highest BCUT2D eigenvalue weighted by Crippen LogP contribution is 2.39. The number of amides is 2. The molecule has 22 heavy (non-hydrogen) atoms. The van der Waals surface area contributed by atoms with E-state index >= 15 is 0 Å². The van der Waals surface area contributed by atoms with Gasteiger partial charge in [0.25, 0.3) is 0 Å². The van der Waals surface area contributed by atoms with Crippen LogP contribution in [-0.2, 0) is 9.53 Å². The van der Waals surface area contributed by atoms with E-state index in [1.54, 1.807) is 4.90 Å². The van der Waals surface area contributed by atoms with Crippen LogP contribution in [0.3, 0.4) is 0 Å². The van der Waals surface area contributed by atoms with Gasteiger partial charge in [-0.3, -0.25) is 4.79 Å². The third kappa shape index (κ3) is 4.27. The second-order valence-electron chi connectivity index (χ2n) is 6.04. The average Bonchev–Trinajstić information content (AvgIpc) is 2.77. The Morgan fingerprint density at radius 3 is 2.64 bits per heavy atom. The first-order chi connectivity index (χ1) is 10.3. The van der Waals surface area contributed by atoms with Crippen LogP contribution >= 0.6 is 0 Å². The lowest BCUT2D eigenvalue weighted by atomic mass is 9.85. The first-order valence-electron chi connectivity index (χ1n) is 7.56. The van der Waals surface area contributed by atoms with E-state index in [0.717, 1.165) is 25.7 Å². The molecule has 1 saturated heterocycles. The number of carbonyl (C=O) groups is 2. The number of alkyl carbamates (subject to hydrolysis) is 1. The molecule has 2 fully saturated rings. The van der Waals surface area contributed by atoms with Crippen molar-refractivity contribution in [1.82, 2.24) is 10.2 Å². The van der Waals surface area contributed by atoms with Crippen LogP contribution in [-0.4, -0.2) is 48.3 Å². The van der Waals surface area contributed by atoms with Crippen molar-refractivity contribution in [2.45, 2.75) is 57.3 Å². The summed E-state index contributed by atoms with van der Waals surface area (Å²) in [4.78, 5) is 25.2. The number of nitrogens with zero attached hydrogens (tertiary/aromatic N) is 1. The van der Waals surface area contributed by atoms with Gasteiger partial charge in [-0.05, 0) is 32.1 Å². The predicted octanol–water partition coefficient (Wildman–Crippen LogP) is 2.45. The molecule has 1 heterocycles. The van der Waals surface area contributed by atoms with Crippen molar-refractivity contribution in [2.24, 2.45) is 5.92 Å². The molecule has 2 amide bonds. The molecule has 126 valence electrons. The van der Waals surface area contributed by atoms with E-state index in [4.69, 9.17) is 0 Å². The topological polar surface area (TPSA) is 58.6 Å². The highest BCUT2D eigenvalue weighted by molar-refractivity contribution is 5.83. The Balaban J connectivity index is 1.80. The Bertz CT molecular complexity index is 428. The summed E-state index contributed by atoms with van der Waals surface area (Å²) in [6.45, 7) is -0.0136. The molecule has 0 aromatic heterocycles. The van der Waals surface area contributed by atoms with Gasteiger partial charge in [0.1, 0.15) is 6.54 Å². The van der Waals surface area contributed by atoms with Gasteiger partial charge < -0.3 is 15.0 Å². The quantitative estimate of drug-likeness (QED) is 0.868. The van der Waals surface area contributed by atoms with Crippen molar-refractivity contribution >= 4 is 12.0 Å². The summed E-state index contributed by atoms with van der Waals surface area (Å²) >= 11 is 0. The molecule has 0 radical (unpaired) electrons. The highest BCUT2D eigenvalue weighted by atomic mass is 19.4. The van der Waals surface area contributed by atoms with Crippen LogP contribution in [0.4, 0.5) is 18.0 Å². The van der Waals surface area contributed by atoms with E-state index in [0.29, 0.717) is 5.92 Å². The van der Waals surface area contributed by atoms with Crippen LogP contribution < -0.4 is 5.32 Å². The summed E-state index contributed by atoms with van der Waals surface area (Å²) < 4.78 is 39.8. The largest absolute Gasteiger partial charge is 0.440 e. The van der Waals surface area contributed by atoms with Gasteiger partial charge in [-0.25, -0.2) is 4.79 Å². The van der Waals surface area contributed by atoms with E-state index in [9.17, 15) is 22.8 Å². The summed E-state index contributed by atoms with van der Waals surface area (Å²) in [6.07, 6.45) is -0.511. The second-order valence-corrected chi connectivity index (χ2v) is 6.04. The van der Waals surface area contributed by atoms with E-state index in [-0.39, 0.29) is 24.5 Å². The number of carbonyl (C=O) groups excluding carboxylic acids is 2. The zero-order valence-electron chi connectivity index (χ0n) is 12.5. The summed E-state index contributed by atoms with van der Waals surface area (Å²) in [6, 6.07) is 0.304. The molecule has 2 aliphatic rings.